The summed E-state index contributed by atoms with van der Waals surface area (Å²) >= 11 is 7.76. The van der Waals surface area contributed by atoms with E-state index < -0.39 is 0 Å². The lowest BCUT2D eigenvalue weighted by molar-refractivity contribution is 0.464. The van der Waals surface area contributed by atoms with Gasteiger partial charge in [0.2, 0.25) is 0 Å². The van der Waals surface area contributed by atoms with Gasteiger partial charge in [-0.2, -0.15) is 11.8 Å². The molecular weight excluding hydrogens is 230 g/mol. The molecule has 0 spiro atoms. The molecule has 4 heteroatoms. The van der Waals surface area contributed by atoms with E-state index in [1.807, 2.05) is 6.07 Å². The molecule has 1 aromatic heterocycles. The molecule has 2 nitrogen and oxygen atoms in total. The highest BCUT2D eigenvalue weighted by molar-refractivity contribution is 8.00. The van der Waals surface area contributed by atoms with Crippen molar-refractivity contribution in [2.45, 2.75) is 31.1 Å². The standard InChI is InChI=1S/C11H16ClNOS/c1-11(5-2-6-15-11)8-13-7-9-3-4-10(12)14-9/h3-4,13H,2,5-8H2,1H3. The van der Waals surface area contributed by atoms with Crippen molar-refractivity contribution in [1.29, 1.82) is 0 Å². The highest BCUT2D eigenvalue weighted by atomic mass is 35.5. The first-order valence-electron chi connectivity index (χ1n) is 5.27. The molecule has 0 bridgehead atoms. The van der Waals surface area contributed by atoms with E-state index in [0.717, 1.165) is 18.8 Å². The van der Waals surface area contributed by atoms with E-state index in [1.54, 1.807) is 6.07 Å². The highest BCUT2D eigenvalue weighted by Gasteiger charge is 2.28. The van der Waals surface area contributed by atoms with Crippen LogP contribution in [0.15, 0.2) is 16.5 Å². The van der Waals surface area contributed by atoms with Crippen molar-refractivity contribution in [1.82, 2.24) is 5.32 Å². The number of halogens is 1. The maximum atomic E-state index is 5.70. The van der Waals surface area contributed by atoms with Gasteiger partial charge in [0.25, 0.3) is 0 Å². The summed E-state index contributed by atoms with van der Waals surface area (Å²) in [6, 6.07) is 3.70. The van der Waals surface area contributed by atoms with E-state index in [-0.39, 0.29) is 0 Å². The van der Waals surface area contributed by atoms with Crippen LogP contribution in [0.1, 0.15) is 25.5 Å². The maximum Gasteiger partial charge on any atom is 0.193 e. The van der Waals surface area contributed by atoms with Gasteiger partial charge in [0, 0.05) is 11.3 Å². The lowest BCUT2D eigenvalue weighted by Crippen LogP contribution is -2.32. The summed E-state index contributed by atoms with van der Waals surface area (Å²) in [5, 5.41) is 3.89. The minimum absolute atomic E-state index is 0.413. The predicted octanol–water partition coefficient (Wildman–Crippen LogP) is 3.31. The second-order valence-electron chi connectivity index (χ2n) is 4.21. The summed E-state index contributed by atoms with van der Waals surface area (Å²) in [6.07, 6.45) is 2.65. The summed E-state index contributed by atoms with van der Waals surface area (Å²) < 4.78 is 5.69. The molecule has 1 fully saturated rings. The van der Waals surface area contributed by atoms with E-state index in [9.17, 15) is 0 Å². The van der Waals surface area contributed by atoms with Crippen molar-refractivity contribution in [2.24, 2.45) is 0 Å². The van der Waals surface area contributed by atoms with Crippen LogP contribution in [0.2, 0.25) is 5.22 Å². The smallest absolute Gasteiger partial charge is 0.193 e. The van der Waals surface area contributed by atoms with E-state index in [1.165, 1.54) is 18.6 Å². The maximum absolute atomic E-state index is 5.70. The van der Waals surface area contributed by atoms with Gasteiger partial charge < -0.3 is 9.73 Å². The van der Waals surface area contributed by atoms with E-state index in [0.29, 0.717) is 9.97 Å². The average molecular weight is 246 g/mol. The average Bonchev–Trinajstić information content (AvgIpc) is 2.76. The number of furan rings is 1. The molecule has 1 atom stereocenters. The van der Waals surface area contributed by atoms with Crippen LogP contribution in [-0.2, 0) is 6.54 Å². The zero-order valence-corrected chi connectivity index (χ0v) is 10.5. The molecule has 1 saturated heterocycles. The van der Waals surface area contributed by atoms with Crippen LogP contribution in [0.25, 0.3) is 0 Å². The quantitative estimate of drug-likeness (QED) is 0.881. The molecule has 0 aromatic carbocycles. The van der Waals surface area contributed by atoms with Gasteiger partial charge in [-0.25, -0.2) is 0 Å². The molecular formula is C11H16ClNOS. The van der Waals surface area contributed by atoms with Gasteiger partial charge in [0.1, 0.15) is 5.76 Å². The van der Waals surface area contributed by atoms with Crippen molar-refractivity contribution in [2.75, 3.05) is 12.3 Å². The third-order valence-electron chi connectivity index (χ3n) is 2.73. The Labute approximate surface area is 99.8 Å². The minimum Gasteiger partial charge on any atom is -0.448 e. The second kappa shape index (κ2) is 4.81. The molecule has 0 aliphatic carbocycles. The molecule has 0 amide bonds. The first-order chi connectivity index (χ1) is 7.18. The van der Waals surface area contributed by atoms with Crippen molar-refractivity contribution in [3.05, 3.63) is 23.1 Å². The minimum atomic E-state index is 0.413. The summed E-state index contributed by atoms with van der Waals surface area (Å²) in [5.41, 5.74) is 0. The van der Waals surface area contributed by atoms with Gasteiger partial charge in [-0.15, -0.1) is 0 Å². The number of nitrogens with one attached hydrogen (secondary N) is 1. The van der Waals surface area contributed by atoms with Crippen LogP contribution >= 0.6 is 23.4 Å². The van der Waals surface area contributed by atoms with Crippen LogP contribution in [0, 0.1) is 0 Å². The van der Waals surface area contributed by atoms with Crippen molar-refractivity contribution >= 4 is 23.4 Å². The van der Waals surface area contributed by atoms with Gasteiger partial charge in [0.05, 0.1) is 6.54 Å². The van der Waals surface area contributed by atoms with Gasteiger partial charge in [-0.1, -0.05) is 0 Å². The number of hydrogen-bond acceptors (Lipinski definition) is 3. The van der Waals surface area contributed by atoms with E-state index >= 15 is 0 Å². The molecule has 0 saturated carbocycles. The van der Waals surface area contributed by atoms with Gasteiger partial charge >= 0.3 is 0 Å². The van der Waals surface area contributed by atoms with Crippen molar-refractivity contribution in [3.8, 4) is 0 Å². The molecule has 1 aliphatic rings. The first kappa shape index (κ1) is 11.4. The van der Waals surface area contributed by atoms with E-state index in [2.05, 4.69) is 24.0 Å². The Balaban J connectivity index is 1.75. The highest BCUT2D eigenvalue weighted by Crippen LogP contribution is 2.36. The molecule has 2 rings (SSSR count). The topological polar surface area (TPSA) is 25.2 Å². The molecule has 15 heavy (non-hydrogen) atoms. The van der Waals surface area contributed by atoms with Crippen molar-refractivity contribution < 1.29 is 4.42 Å². The van der Waals surface area contributed by atoms with Gasteiger partial charge in [-0.3, -0.25) is 0 Å². The van der Waals surface area contributed by atoms with Crippen molar-refractivity contribution in [3.63, 3.8) is 0 Å². The summed E-state index contributed by atoms with van der Waals surface area (Å²) in [6.45, 7) is 4.13. The Morgan fingerprint density at radius 3 is 3.07 bits per heavy atom. The molecule has 1 aliphatic heterocycles. The fourth-order valence-electron chi connectivity index (χ4n) is 1.87. The lowest BCUT2D eigenvalue weighted by Gasteiger charge is -2.22. The predicted molar refractivity (Wildman–Crippen MR) is 65.5 cm³/mol. The molecule has 1 N–H and O–H groups in total. The monoisotopic (exact) mass is 245 g/mol. The van der Waals surface area contributed by atoms with Gasteiger partial charge in [-0.05, 0) is 49.3 Å². The Morgan fingerprint density at radius 1 is 1.60 bits per heavy atom. The normalized spacial score (nSPS) is 26.0. The van der Waals surface area contributed by atoms with Crippen LogP contribution in [0.5, 0.6) is 0 Å². The summed E-state index contributed by atoms with van der Waals surface area (Å²) in [7, 11) is 0. The number of thioether (sulfide) groups is 1. The SMILES string of the molecule is CC1(CNCc2ccc(Cl)o2)CCCS1. The third-order valence-corrected chi connectivity index (χ3v) is 4.47. The molecule has 0 radical (unpaired) electrons. The van der Waals surface area contributed by atoms with Crippen LogP contribution in [-0.4, -0.2) is 17.0 Å². The zero-order valence-electron chi connectivity index (χ0n) is 8.88. The Hall–Kier alpha value is -0.120. The summed E-state index contributed by atoms with van der Waals surface area (Å²) in [5.74, 6) is 2.21. The Bertz CT molecular complexity index is 320. The zero-order chi connectivity index (χ0) is 10.7. The number of hydrogen-bond donors (Lipinski definition) is 1. The van der Waals surface area contributed by atoms with Crippen LogP contribution < -0.4 is 5.32 Å². The Morgan fingerprint density at radius 2 is 2.47 bits per heavy atom. The van der Waals surface area contributed by atoms with Gasteiger partial charge in [0.15, 0.2) is 5.22 Å². The molecule has 1 aromatic rings. The van der Waals surface area contributed by atoms with E-state index in [4.69, 9.17) is 16.0 Å². The van der Waals surface area contributed by atoms with Crippen LogP contribution in [0.3, 0.4) is 0 Å². The molecule has 2 heterocycles. The molecule has 84 valence electrons. The Kier molecular flexibility index (Phi) is 3.65. The molecule has 1 unspecified atom stereocenters. The first-order valence-corrected chi connectivity index (χ1v) is 6.63. The lowest BCUT2D eigenvalue weighted by atomic mass is 10.1. The largest absolute Gasteiger partial charge is 0.448 e. The summed E-state index contributed by atoms with van der Waals surface area (Å²) in [4.78, 5) is 0. The second-order valence-corrected chi connectivity index (χ2v) is 6.27. The third kappa shape index (κ3) is 3.16. The fraction of sp³-hybridized carbons (Fsp3) is 0.636. The number of rotatable bonds is 4. The fourth-order valence-corrected chi connectivity index (χ4v) is 3.31. The van der Waals surface area contributed by atoms with Crippen LogP contribution in [0.4, 0.5) is 0 Å².